The molecule has 0 aliphatic carbocycles. The molecule has 0 radical (unpaired) electrons. The maximum atomic E-state index is 12.1. The standard InChI is InChI=1S/C17H18ClNO3/c1-3-21-15-8-10-16(11-9-15)22-12(2)17(20)19-14-6-4-13(18)5-7-14/h4-12H,3H2,1-2H3,(H,19,20). The van der Waals surface area contributed by atoms with Crippen molar-refractivity contribution in [2.24, 2.45) is 0 Å². The SMILES string of the molecule is CCOc1ccc(OC(C)C(=O)Nc2ccc(Cl)cc2)cc1. The molecule has 0 aromatic heterocycles. The Bertz CT molecular complexity index is 611. The van der Waals surface area contributed by atoms with Gasteiger partial charge in [0.25, 0.3) is 5.91 Å². The second-order valence-electron chi connectivity index (χ2n) is 4.66. The molecule has 0 heterocycles. The van der Waals surface area contributed by atoms with E-state index in [9.17, 15) is 4.79 Å². The van der Waals surface area contributed by atoms with Gasteiger partial charge in [-0.15, -0.1) is 0 Å². The summed E-state index contributed by atoms with van der Waals surface area (Å²) in [5, 5.41) is 3.40. The van der Waals surface area contributed by atoms with E-state index in [2.05, 4.69) is 5.32 Å². The van der Waals surface area contributed by atoms with Gasteiger partial charge in [-0.25, -0.2) is 0 Å². The van der Waals surface area contributed by atoms with Gasteiger partial charge in [0, 0.05) is 10.7 Å². The Morgan fingerprint density at radius 3 is 2.27 bits per heavy atom. The van der Waals surface area contributed by atoms with Gasteiger partial charge in [0.1, 0.15) is 11.5 Å². The Hall–Kier alpha value is -2.20. The monoisotopic (exact) mass is 319 g/mol. The summed E-state index contributed by atoms with van der Waals surface area (Å²) in [6, 6.07) is 14.1. The molecule has 4 nitrogen and oxygen atoms in total. The Labute approximate surface area is 135 Å². The summed E-state index contributed by atoms with van der Waals surface area (Å²) in [5.41, 5.74) is 0.677. The molecular weight excluding hydrogens is 302 g/mol. The lowest BCUT2D eigenvalue weighted by atomic mass is 10.3. The van der Waals surface area contributed by atoms with Crippen molar-refractivity contribution in [3.63, 3.8) is 0 Å². The molecule has 116 valence electrons. The van der Waals surface area contributed by atoms with Crippen LogP contribution in [0.3, 0.4) is 0 Å². The number of halogens is 1. The maximum absolute atomic E-state index is 12.1. The fourth-order valence-corrected chi connectivity index (χ4v) is 1.94. The molecule has 1 N–H and O–H groups in total. The molecule has 1 amide bonds. The zero-order valence-electron chi connectivity index (χ0n) is 12.5. The zero-order chi connectivity index (χ0) is 15.9. The first kappa shape index (κ1) is 16.2. The molecular formula is C17H18ClNO3. The number of hydrogen-bond donors (Lipinski definition) is 1. The first-order chi connectivity index (χ1) is 10.6. The highest BCUT2D eigenvalue weighted by Gasteiger charge is 2.14. The van der Waals surface area contributed by atoms with Crippen molar-refractivity contribution in [1.82, 2.24) is 0 Å². The number of rotatable bonds is 6. The molecule has 2 aromatic rings. The van der Waals surface area contributed by atoms with Crippen LogP contribution in [-0.2, 0) is 4.79 Å². The minimum absolute atomic E-state index is 0.226. The molecule has 1 unspecified atom stereocenters. The van der Waals surface area contributed by atoms with E-state index in [1.165, 1.54) is 0 Å². The molecule has 22 heavy (non-hydrogen) atoms. The Morgan fingerprint density at radius 2 is 1.68 bits per heavy atom. The minimum Gasteiger partial charge on any atom is -0.494 e. The molecule has 2 rings (SSSR count). The van der Waals surface area contributed by atoms with Gasteiger partial charge in [0.05, 0.1) is 6.61 Å². The normalized spacial score (nSPS) is 11.6. The van der Waals surface area contributed by atoms with Crippen molar-refractivity contribution in [2.45, 2.75) is 20.0 Å². The molecule has 0 fully saturated rings. The van der Waals surface area contributed by atoms with Gasteiger partial charge in [0.15, 0.2) is 6.10 Å². The molecule has 2 aromatic carbocycles. The molecule has 0 aliphatic rings. The fraction of sp³-hybridized carbons (Fsp3) is 0.235. The number of benzene rings is 2. The van der Waals surface area contributed by atoms with Gasteiger partial charge < -0.3 is 14.8 Å². The highest BCUT2D eigenvalue weighted by Crippen LogP contribution is 2.19. The van der Waals surface area contributed by atoms with Gasteiger partial charge in [-0.05, 0) is 62.4 Å². The molecule has 1 atom stereocenters. The predicted octanol–water partition coefficient (Wildman–Crippen LogP) is 4.14. The topological polar surface area (TPSA) is 47.6 Å². The van der Waals surface area contributed by atoms with Gasteiger partial charge in [-0.1, -0.05) is 11.6 Å². The van der Waals surface area contributed by atoms with Crippen molar-refractivity contribution in [3.8, 4) is 11.5 Å². The van der Waals surface area contributed by atoms with Gasteiger partial charge >= 0.3 is 0 Å². The molecule has 0 spiro atoms. The van der Waals surface area contributed by atoms with Crippen LogP contribution >= 0.6 is 11.6 Å². The average molecular weight is 320 g/mol. The van der Waals surface area contributed by atoms with Crippen molar-refractivity contribution < 1.29 is 14.3 Å². The lowest BCUT2D eigenvalue weighted by Gasteiger charge is -2.15. The van der Waals surface area contributed by atoms with Crippen LogP contribution in [0.5, 0.6) is 11.5 Å². The zero-order valence-corrected chi connectivity index (χ0v) is 13.3. The first-order valence-corrected chi connectivity index (χ1v) is 7.42. The maximum Gasteiger partial charge on any atom is 0.265 e. The van der Waals surface area contributed by atoms with Crippen molar-refractivity contribution in [1.29, 1.82) is 0 Å². The minimum atomic E-state index is -0.617. The van der Waals surface area contributed by atoms with E-state index in [1.54, 1.807) is 43.3 Å². The van der Waals surface area contributed by atoms with E-state index in [0.717, 1.165) is 5.75 Å². The van der Waals surface area contributed by atoms with E-state index >= 15 is 0 Å². The summed E-state index contributed by atoms with van der Waals surface area (Å²) >= 11 is 5.81. The van der Waals surface area contributed by atoms with Crippen LogP contribution in [0.25, 0.3) is 0 Å². The Kier molecular flexibility index (Phi) is 5.67. The summed E-state index contributed by atoms with van der Waals surface area (Å²) < 4.78 is 11.0. The smallest absolute Gasteiger partial charge is 0.265 e. The summed E-state index contributed by atoms with van der Waals surface area (Å²) in [6.07, 6.45) is -0.617. The third-order valence-corrected chi connectivity index (χ3v) is 3.18. The number of carbonyl (C=O) groups is 1. The molecule has 0 saturated carbocycles. The van der Waals surface area contributed by atoms with E-state index in [4.69, 9.17) is 21.1 Å². The lowest BCUT2D eigenvalue weighted by molar-refractivity contribution is -0.122. The van der Waals surface area contributed by atoms with E-state index in [1.807, 2.05) is 19.1 Å². The van der Waals surface area contributed by atoms with Crippen LogP contribution in [0.1, 0.15) is 13.8 Å². The van der Waals surface area contributed by atoms with E-state index in [-0.39, 0.29) is 5.91 Å². The largest absolute Gasteiger partial charge is 0.494 e. The van der Waals surface area contributed by atoms with Gasteiger partial charge in [0.2, 0.25) is 0 Å². The highest BCUT2D eigenvalue weighted by atomic mass is 35.5. The molecule has 0 bridgehead atoms. The highest BCUT2D eigenvalue weighted by molar-refractivity contribution is 6.30. The van der Waals surface area contributed by atoms with Crippen LogP contribution in [0.2, 0.25) is 5.02 Å². The second kappa shape index (κ2) is 7.71. The van der Waals surface area contributed by atoms with Crippen LogP contribution in [0.15, 0.2) is 48.5 Å². The van der Waals surface area contributed by atoms with Crippen molar-refractivity contribution >= 4 is 23.2 Å². The average Bonchev–Trinajstić information content (AvgIpc) is 2.51. The number of carbonyl (C=O) groups excluding carboxylic acids is 1. The molecule has 0 saturated heterocycles. The predicted molar refractivity (Wildman–Crippen MR) is 87.8 cm³/mol. The van der Waals surface area contributed by atoms with Crippen LogP contribution < -0.4 is 14.8 Å². The summed E-state index contributed by atoms with van der Waals surface area (Å²) in [4.78, 5) is 12.1. The van der Waals surface area contributed by atoms with Crippen molar-refractivity contribution in [3.05, 3.63) is 53.6 Å². The Balaban J connectivity index is 1.91. The summed E-state index contributed by atoms with van der Waals surface area (Å²) in [5.74, 6) is 1.16. The van der Waals surface area contributed by atoms with E-state index < -0.39 is 6.10 Å². The second-order valence-corrected chi connectivity index (χ2v) is 5.10. The van der Waals surface area contributed by atoms with Crippen LogP contribution in [0.4, 0.5) is 5.69 Å². The number of amides is 1. The van der Waals surface area contributed by atoms with Crippen LogP contribution in [-0.4, -0.2) is 18.6 Å². The lowest BCUT2D eigenvalue weighted by Crippen LogP contribution is -2.30. The van der Waals surface area contributed by atoms with Gasteiger partial charge in [-0.3, -0.25) is 4.79 Å². The first-order valence-electron chi connectivity index (χ1n) is 7.04. The van der Waals surface area contributed by atoms with E-state index in [0.29, 0.717) is 23.1 Å². The fourth-order valence-electron chi connectivity index (χ4n) is 1.82. The van der Waals surface area contributed by atoms with Crippen LogP contribution in [0, 0.1) is 0 Å². The number of hydrogen-bond acceptors (Lipinski definition) is 3. The van der Waals surface area contributed by atoms with Crippen molar-refractivity contribution in [2.75, 3.05) is 11.9 Å². The Morgan fingerprint density at radius 1 is 1.09 bits per heavy atom. The number of nitrogens with one attached hydrogen (secondary N) is 1. The number of ether oxygens (including phenoxy) is 2. The summed E-state index contributed by atoms with van der Waals surface area (Å²) in [6.45, 7) is 4.23. The molecule has 5 heteroatoms. The quantitative estimate of drug-likeness (QED) is 0.870. The third kappa shape index (κ3) is 4.67. The summed E-state index contributed by atoms with van der Waals surface area (Å²) in [7, 11) is 0. The molecule has 0 aliphatic heterocycles. The van der Waals surface area contributed by atoms with Gasteiger partial charge in [-0.2, -0.15) is 0 Å². The number of anilines is 1. The third-order valence-electron chi connectivity index (χ3n) is 2.93.